The van der Waals surface area contributed by atoms with E-state index in [2.05, 4.69) is 15.4 Å². The van der Waals surface area contributed by atoms with Crippen molar-refractivity contribution < 1.29 is 4.74 Å². The fraction of sp³-hybridized carbons (Fsp3) is 0.538. The highest BCUT2D eigenvalue weighted by Crippen LogP contribution is 2.18. The molecule has 0 aromatic carbocycles. The first-order valence-electron chi connectivity index (χ1n) is 6.55. The number of ether oxygens (including phenoxy) is 1. The van der Waals surface area contributed by atoms with Gasteiger partial charge in [0.2, 0.25) is 5.88 Å². The van der Waals surface area contributed by atoms with E-state index >= 15 is 0 Å². The summed E-state index contributed by atoms with van der Waals surface area (Å²) >= 11 is 0. The molecule has 1 unspecified atom stereocenters. The molecular weight excluding hydrogens is 228 g/mol. The van der Waals surface area contributed by atoms with Gasteiger partial charge in [0.1, 0.15) is 5.52 Å². The summed E-state index contributed by atoms with van der Waals surface area (Å²) in [7, 11) is 0. The molecule has 0 bridgehead atoms. The lowest BCUT2D eigenvalue weighted by atomic mass is 9.97. The fourth-order valence-electron chi connectivity index (χ4n) is 2.44. The van der Waals surface area contributed by atoms with E-state index in [9.17, 15) is 0 Å². The van der Waals surface area contributed by atoms with E-state index in [4.69, 9.17) is 4.74 Å². The Morgan fingerprint density at radius 2 is 2.44 bits per heavy atom. The van der Waals surface area contributed by atoms with Crippen LogP contribution in [0.1, 0.15) is 19.3 Å². The third-order valence-corrected chi connectivity index (χ3v) is 3.45. The maximum Gasteiger partial charge on any atom is 0.240 e. The topological polar surface area (TPSA) is 51.5 Å². The summed E-state index contributed by atoms with van der Waals surface area (Å²) in [4.78, 5) is 4.26. The first-order valence-corrected chi connectivity index (χ1v) is 6.55. The van der Waals surface area contributed by atoms with Crippen LogP contribution in [0.5, 0.6) is 5.88 Å². The molecule has 0 spiro atoms. The van der Waals surface area contributed by atoms with Gasteiger partial charge in [-0.05, 0) is 44.3 Å². The maximum absolute atomic E-state index is 5.78. The van der Waals surface area contributed by atoms with Gasteiger partial charge in [-0.15, -0.1) is 0 Å². The second kappa shape index (κ2) is 5.35. The van der Waals surface area contributed by atoms with E-state index in [1.807, 2.05) is 12.3 Å². The van der Waals surface area contributed by atoms with Crippen molar-refractivity contribution in [1.29, 1.82) is 0 Å². The molecule has 0 radical (unpaired) electrons. The van der Waals surface area contributed by atoms with Crippen LogP contribution in [-0.2, 0) is 0 Å². The van der Waals surface area contributed by atoms with Crippen molar-refractivity contribution in [2.75, 3.05) is 19.7 Å². The van der Waals surface area contributed by atoms with Crippen molar-refractivity contribution in [3.05, 3.63) is 24.7 Å². The van der Waals surface area contributed by atoms with Crippen LogP contribution in [0.2, 0.25) is 0 Å². The molecule has 1 aliphatic heterocycles. The minimum atomic E-state index is 0.679. The standard InChI is InChI=1S/C13H18N4O/c1-2-11(10-14-5-1)4-9-18-13-12-3-6-16-17(12)8-7-15-13/h3,6-8,11,14H,1-2,4-5,9-10H2. The molecule has 0 amide bonds. The largest absolute Gasteiger partial charge is 0.476 e. The van der Waals surface area contributed by atoms with E-state index in [0.717, 1.165) is 37.6 Å². The zero-order valence-corrected chi connectivity index (χ0v) is 10.4. The highest BCUT2D eigenvalue weighted by molar-refractivity contribution is 5.54. The summed E-state index contributed by atoms with van der Waals surface area (Å²) < 4.78 is 7.56. The summed E-state index contributed by atoms with van der Waals surface area (Å²) in [5.41, 5.74) is 0.930. The van der Waals surface area contributed by atoms with Crippen LogP contribution < -0.4 is 10.1 Å². The highest BCUT2D eigenvalue weighted by Gasteiger charge is 2.13. The van der Waals surface area contributed by atoms with E-state index in [0.29, 0.717) is 5.88 Å². The fourth-order valence-corrected chi connectivity index (χ4v) is 2.44. The zero-order valence-electron chi connectivity index (χ0n) is 10.4. The van der Waals surface area contributed by atoms with Crippen LogP contribution in [0.4, 0.5) is 0 Å². The molecule has 96 valence electrons. The molecule has 1 fully saturated rings. The number of fused-ring (bicyclic) bond motifs is 1. The maximum atomic E-state index is 5.78. The number of piperidine rings is 1. The summed E-state index contributed by atoms with van der Waals surface area (Å²) in [6.07, 6.45) is 8.98. The molecule has 1 N–H and O–H groups in total. The average molecular weight is 246 g/mol. The lowest BCUT2D eigenvalue weighted by Gasteiger charge is -2.22. The first kappa shape index (κ1) is 11.5. The predicted octanol–water partition coefficient (Wildman–Crippen LogP) is 1.50. The lowest BCUT2D eigenvalue weighted by Crippen LogP contribution is -2.30. The molecule has 18 heavy (non-hydrogen) atoms. The normalized spacial score (nSPS) is 20.1. The van der Waals surface area contributed by atoms with Gasteiger partial charge < -0.3 is 10.1 Å². The van der Waals surface area contributed by atoms with Crippen molar-refractivity contribution >= 4 is 5.52 Å². The van der Waals surface area contributed by atoms with E-state index < -0.39 is 0 Å². The molecule has 1 atom stereocenters. The van der Waals surface area contributed by atoms with Crippen LogP contribution in [0.15, 0.2) is 24.7 Å². The number of nitrogens with zero attached hydrogens (tertiary/aromatic N) is 3. The van der Waals surface area contributed by atoms with Gasteiger partial charge in [-0.1, -0.05) is 0 Å². The predicted molar refractivity (Wildman–Crippen MR) is 68.7 cm³/mol. The highest BCUT2D eigenvalue weighted by atomic mass is 16.5. The number of nitrogens with one attached hydrogen (secondary N) is 1. The van der Waals surface area contributed by atoms with E-state index in [1.54, 1.807) is 16.9 Å². The third-order valence-electron chi connectivity index (χ3n) is 3.45. The van der Waals surface area contributed by atoms with Crippen LogP contribution in [0, 0.1) is 5.92 Å². The van der Waals surface area contributed by atoms with Crippen molar-refractivity contribution in [2.45, 2.75) is 19.3 Å². The summed E-state index contributed by atoms with van der Waals surface area (Å²) in [6.45, 7) is 3.01. The minimum absolute atomic E-state index is 0.679. The molecule has 0 saturated carbocycles. The minimum Gasteiger partial charge on any atom is -0.476 e. The molecule has 2 aromatic rings. The summed E-state index contributed by atoms with van der Waals surface area (Å²) in [5.74, 6) is 1.42. The summed E-state index contributed by atoms with van der Waals surface area (Å²) in [5, 5.41) is 7.59. The van der Waals surface area contributed by atoms with E-state index in [1.165, 1.54) is 12.8 Å². The third kappa shape index (κ3) is 2.46. The number of hydrogen-bond acceptors (Lipinski definition) is 4. The molecule has 1 aliphatic rings. The quantitative estimate of drug-likeness (QED) is 0.888. The summed E-state index contributed by atoms with van der Waals surface area (Å²) in [6, 6.07) is 1.92. The van der Waals surface area contributed by atoms with Gasteiger partial charge >= 0.3 is 0 Å². The van der Waals surface area contributed by atoms with Crippen molar-refractivity contribution in [3.8, 4) is 5.88 Å². The Hall–Kier alpha value is -1.62. The Morgan fingerprint density at radius 1 is 1.44 bits per heavy atom. The molecular formula is C13H18N4O. The monoisotopic (exact) mass is 246 g/mol. The molecule has 0 aliphatic carbocycles. The molecule has 5 heteroatoms. The smallest absolute Gasteiger partial charge is 0.240 e. The molecule has 3 heterocycles. The van der Waals surface area contributed by atoms with Crippen LogP contribution >= 0.6 is 0 Å². The first-order chi connectivity index (χ1) is 8.93. The molecule has 2 aromatic heterocycles. The van der Waals surface area contributed by atoms with Crippen molar-refractivity contribution in [2.24, 2.45) is 5.92 Å². The molecule has 5 nitrogen and oxygen atoms in total. The number of aromatic nitrogens is 3. The molecule has 1 saturated heterocycles. The number of hydrogen-bond donors (Lipinski definition) is 1. The van der Waals surface area contributed by atoms with Gasteiger partial charge in [0.15, 0.2) is 0 Å². The zero-order chi connectivity index (χ0) is 12.2. The van der Waals surface area contributed by atoms with Crippen LogP contribution in [-0.4, -0.2) is 34.3 Å². The van der Waals surface area contributed by atoms with Gasteiger partial charge in [-0.25, -0.2) is 9.50 Å². The average Bonchev–Trinajstić information content (AvgIpc) is 2.89. The Balaban J connectivity index is 1.57. The Kier molecular flexibility index (Phi) is 3.41. The second-order valence-electron chi connectivity index (χ2n) is 4.74. The Bertz CT molecular complexity index is 504. The molecule has 3 rings (SSSR count). The van der Waals surface area contributed by atoms with Gasteiger partial charge in [0.25, 0.3) is 0 Å². The van der Waals surface area contributed by atoms with Gasteiger partial charge in [0, 0.05) is 12.4 Å². The van der Waals surface area contributed by atoms with Crippen molar-refractivity contribution in [3.63, 3.8) is 0 Å². The SMILES string of the molecule is c1cn2nccc2c(OCCC2CCCNC2)n1. The van der Waals surface area contributed by atoms with E-state index in [-0.39, 0.29) is 0 Å². The Labute approximate surface area is 106 Å². The number of rotatable bonds is 4. The second-order valence-corrected chi connectivity index (χ2v) is 4.74. The van der Waals surface area contributed by atoms with Crippen molar-refractivity contribution in [1.82, 2.24) is 19.9 Å². The van der Waals surface area contributed by atoms with Crippen LogP contribution in [0.25, 0.3) is 5.52 Å². The van der Waals surface area contributed by atoms with Gasteiger partial charge in [-0.3, -0.25) is 0 Å². The Morgan fingerprint density at radius 3 is 3.33 bits per heavy atom. The lowest BCUT2D eigenvalue weighted by molar-refractivity contribution is 0.249. The van der Waals surface area contributed by atoms with Gasteiger partial charge in [-0.2, -0.15) is 5.10 Å². The van der Waals surface area contributed by atoms with Crippen LogP contribution in [0.3, 0.4) is 0 Å². The van der Waals surface area contributed by atoms with Gasteiger partial charge in [0.05, 0.1) is 12.8 Å².